The quantitative estimate of drug-likeness (QED) is 0.774. The summed E-state index contributed by atoms with van der Waals surface area (Å²) in [6.45, 7) is -0.251. The fourth-order valence-corrected chi connectivity index (χ4v) is 5.59. The maximum atomic E-state index is 12.7. The Kier molecular flexibility index (Phi) is 5.06. The summed E-state index contributed by atoms with van der Waals surface area (Å²) >= 11 is 6.81. The number of halogens is 1. The van der Waals surface area contributed by atoms with Crippen molar-refractivity contribution >= 4 is 38.9 Å². The molecule has 0 unspecified atom stereocenters. The molecule has 20 heavy (non-hydrogen) atoms. The molecule has 0 aromatic carbocycles. The van der Waals surface area contributed by atoms with Crippen LogP contribution in [0.15, 0.2) is 16.3 Å². The van der Waals surface area contributed by atoms with Gasteiger partial charge in [0.1, 0.15) is 10.8 Å². The zero-order valence-corrected chi connectivity index (χ0v) is 13.4. The van der Waals surface area contributed by atoms with E-state index in [4.69, 9.17) is 11.6 Å². The van der Waals surface area contributed by atoms with E-state index in [0.29, 0.717) is 4.34 Å². The number of hydrogen-bond donors (Lipinski definition) is 0. The fourth-order valence-electron chi connectivity index (χ4n) is 2.35. The molecule has 1 aromatic rings. The Bertz CT molecular complexity index is 578. The third-order valence-corrected chi connectivity index (χ3v) is 6.95. The molecule has 1 saturated carbocycles. The number of rotatable bonds is 5. The predicted octanol–water partition coefficient (Wildman–Crippen LogP) is 2.51. The van der Waals surface area contributed by atoms with Gasteiger partial charge in [0.15, 0.2) is 0 Å². The maximum absolute atomic E-state index is 12.7. The molecule has 0 aliphatic heterocycles. The van der Waals surface area contributed by atoms with Crippen molar-refractivity contribution in [2.75, 3.05) is 13.7 Å². The number of carbonyl (C=O) groups is 1. The lowest BCUT2D eigenvalue weighted by Gasteiger charge is -2.26. The van der Waals surface area contributed by atoms with Crippen LogP contribution >= 0.6 is 22.9 Å². The molecule has 0 amide bonds. The van der Waals surface area contributed by atoms with Crippen LogP contribution in [-0.4, -0.2) is 38.4 Å². The van der Waals surface area contributed by atoms with Gasteiger partial charge in [0.05, 0.1) is 11.4 Å². The molecular weight excluding hydrogens is 322 g/mol. The van der Waals surface area contributed by atoms with E-state index in [0.717, 1.165) is 37.0 Å². The highest BCUT2D eigenvalue weighted by atomic mass is 35.5. The molecule has 8 heteroatoms. The summed E-state index contributed by atoms with van der Waals surface area (Å²) < 4.78 is 31.8. The average Bonchev–Trinajstić information content (AvgIpc) is 3.06. The molecule has 112 valence electrons. The van der Waals surface area contributed by atoms with Crippen LogP contribution in [0.5, 0.6) is 0 Å². The molecular formula is C12H16ClNO4S2. The molecule has 0 spiro atoms. The lowest BCUT2D eigenvalue weighted by atomic mass is 10.2. The van der Waals surface area contributed by atoms with E-state index in [1.165, 1.54) is 17.5 Å². The van der Waals surface area contributed by atoms with Gasteiger partial charge in [-0.25, -0.2) is 8.42 Å². The molecule has 1 heterocycles. The molecule has 0 atom stereocenters. The van der Waals surface area contributed by atoms with Crippen LogP contribution in [0.3, 0.4) is 0 Å². The summed E-state index contributed by atoms with van der Waals surface area (Å²) in [7, 11) is -2.45. The second-order valence-electron chi connectivity index (χ2n) is 4.62. The van der Waals surface area contributed by atoms with Gasteiger partial charge in [-0.15, -0.1) is 11.3 Å². The summed E-state index contributed by atoms with van der Waals surface area (Å²) in [5.41, 5.74) is 0. The Labute approximate surface area is 127 Å². The molecule has 1 aliphatic carbocycles. The van der Waals surface area contributed by atoms with E-state index in [1.54, 1.807) is 6.07 Å². The van der Waals surface area contributed by atoms with Gasteiger partial charge in [0.2, 0.25) is 0 Å². The van der Waals surface area contributed by atoms with Gasteiger partial charge in [-0.3, -0.25) is 4.79 Å². The smallest absolute Gasteiger partial charge is 0.321 e. The minimum Gasteiger partial charge on any atom is -0.468 e. The van der Waals surface area contributed by atoms with Gasteiger partial charge in [0.25, 0.3) is 10.0 Å². The normalized spacial score (nSPS) is 16.8. The third kappa shape index (κ3) is 3.33. The largest absolute Gasteiger partial charge is 0.468 e. The Balaban J connectivity index is 2.31. The van der Waals surface area contributed by atoms with Crippen molar-refractivity contribution in [3.8, 4) is 0 Å². The highest BCUT2D eigenvalue weighted by Gasteiger charge is 2.35. The van der Waals surface area contributed by atoms with Crippen LogP contribution in [0.2, 0.25) is 4.34 Å². The molecule has 0 bridgehead atoms. The molecule has 1 aromatic heterocycles. The summed E-state index contributed by atoms with van der Waals surface area (Å²) in [6.07, 6.45) is 3.50. The van der Waals surface area contributed by atoms with Crippen molar-refractivity contribution in [1.82, 2.24) is 4.31 Å². The summed E-state index contributed by atoms with van der Waals surface area (Å²) in [4.78, 5) is 11.5. The first-order chi connectivity index (χ1) is 9.45. The van der Waals surface area contributed by atoms with Crippen LogP contribution < -0.4 is 0 Å². The fraction of sp³-hybridized carbons (Fsp3) is 0.583. The van der Waals surface area contributed by atoms with Gasteiger partial charge >= 0.3 is 5.97 Å². The van der Waals surface area contributed by atoms with Crippen molar-refractivity contribution in [3.05, 3.63) is 16.5 Å². The predicted molar refractivity (Wildman–Crippen MR) is 77.5 cm³/mol. The number of thiophene rings is 1. The number of hydrogen-bond acceptors (Lipinski definition) is 5. The summed E-state index contributed by atoms with van der Waals surface area (Å²) in [6, 6.07) is 2.88. The number of sulfonamides is 1. The van der Waals surface area contributed by atoms with E-state index >= 15 is 0 Å². The first-order valence-corrected chi connectivity index (χ1v) is 8.92. The van der Waals surface area contributed by atoms with Gasteiger partial charge in [-0.1, -0.05) is 24.4 Å². The van der Waals surface area contributed by atoms with Gasteiger partial charge in [-0.05, 0) is 25.0 Å². The number of esters is 1. The van der Waals surface area contributed by atoms with Crippen LogP contribution in [0, 0.1) is 0 Å². The van der Waals surface area contributed by atoms with Crippen molar-refractivity contribution in [2.24, 2.45) is 0 Å². The van der Waals surface area contributed by atoms with E-state index < -0.39 is 16.0 Å². The highest BCUT2D eigenvalue weighted by molar-refractivity contribution is 7.91. The maximum Gasteiger partial charge on any atom is 0.321 e. The molecule has 0 saturated heterocycles. The van der Waals surface area contributed by atoms with Gasteiger partial charge in [0, 0.05) is 6.04 Å². The zero-order valence-electron chi connectivity index (χ0n) is 11.0. The van der Waals surface area contributed by atoms with Crippen LogP contribution in [0.4, 0.5) is 0 Å². The van der Waals surface area contributed by atoms with Crippen LogP contribution in [0.25, 0.3) is 0 Å². The minimum atomic E-state index is -3.70. The zero-order chi connectivity index (χ0) is 14.8. The summed E-state index contributed by atoms with van der Waals surface area (Å²) in [5.74, 6) is -0.553. The standard InChI is InChI=1S/C12H16ClNO4S2/c1-18-11(15)8-14(9-4-2-3-5-9)20(16,17)12-7-6-10(13)19-12/h6-7,9H,2-5,8H2,1H3. The number of ether oxygens (including phenoxy) is 1. The molecule has 2 rings (SSSR count). The topological polar surface area (TPSA) is 63.7 Å². The summed E-state index contributed by atoms with van der Waals surface area (Å²) in [5, 5.41) is 0. The molecule has 1 aliphatic rings. The first kappa shape index (κ1) is 15.8. The molecule has 5 nitrogen and oxygen atoms in total. The second-order valence-corrected chi connectivity index (χ2v) is 8.46. The molecule has 0 radical (unpaired) electrons. The Morgan fingerprint density at radius 1 is 1.45 bits per heavy atom. The van der Waals surface area contributed by atoms with Crippen LogP contribution in [-0.2, 0) is 19.6 Å². The van der Waals surface area contributed by atoms with E-state index in [9.17, 15) is 13.2 Å². The number of methoxy groups -OCH3 is 1. The Morgan fingerprint density at radius 3 is 2.60 bits per heavy atom. The molecule has 0 N–H and O–H groups in total. The minimum absolute atomic E-state index is 0.139. The van der Waals surface area contributed by atoms with Gasteiger partial charge < -0.3 is 4.74 Å². The number of carbonyl (C=O) groups excluding carboxylic acids is 1. The first-order valence-electron chi connectivity index (χ1n) is 6.29. The second kappa shape index (κ2) is 6.43. The SMILES string of the molecule is COC(=O)CN(C1CCCC1)S(=O)(=O)c1ccc(Cl)s1. The highest BCUT2D eigenvalue weighted by Crippen LogP contribution is 2.32. The van der Waals surface area contributed by atoms with Crippen molar-refractivity contribution in [3.63, 3.8) is 0 Å². The van der Waals surface area contributed by atoms with Crippen LogP contribution in [0.1, 0.15) is 25.7 Å². The molecule has 1 fully saturated rings. The lowest BCUT2D eigenvalue weighted by molar-refractivity contribution is -0.141. The van der Waals surface area contributed by atoms with Crippen molar-refractivity contribution < 1.29 is 17.9 Å². The Morgan fingerprint density at radius 2 is 2.10 bits per heavy atom. The average molecular weight is 338 g/mol. The van der Waals surface area contributed by atoms with Crippen molar-refractivity contribution in [2.45, 2.75) is 35.9 Å². The monoisotopic (exact) mass is 337 g/mol. The van der Waals surface area contributed by atoms with E-state index in [1.807, 2.05) is 0 Å². The number of nitrogens with zero attached hydrogens (tertiary/aromatic N) is 1. The third-order valence-electron chi connectivity index (χ3n) is 3.36. The van der Waals surface area contributed by atoms with E-state index in [2.05, 4.69) is 4.74 Å². The lowest BCUT2D eigenvalue weighted by Crippen LogP contribution is -2.42. The van der Waals surface area contributed by atoms with Gasteiger partial charge in [-0.2, -0.15) is 4.31 Å². The Hall–Kier alpha value is -0.630. The van der Waals surface area contributed by atoms with Crippen molar-refractivity contribution in [1.29, 1.82) is 0 Å². The van der Waals surface area contributed by atoms with E-state index in [-0.39, 0.29) is 16.8 Å².